The Morgan fingerprint density at radius 2 is 1.90 bits per heavy atom. The predicted octanol–water partition coefficient (Wildman–Crippen LogP) is 0.296. The number of carbonyl (C=O) groups excluding carboxylic acids is 2. The summed E-state index contributed by atoms with van der Waals surface area (Å²) in [6.45, 7) is 0.786. The highest BCUT2D eigenvalue weighted by Crippen LogP contribution is 2.13. The van der Waals surface area contributed by atoms with E-state index in [1.54, 1.807) is 37.4 Å². The molecule has 2 rings (SSSR count). The molecule has 1 aliphatic rings. The van der Waals surface area contributed by atoms with Crippen LogP contribution in [0.4, 0.5) is 4.79 Å². The maximum absolute atomic E-state index is 12.1. The third-order valence-corrected chi connectivity index (χ3v) is 3.39. The number of carbonyl (C=O) groups is 3. The molecule has 0 saturated carbocycles. The van der Waals surface area contributed by atoms with Gasteiger partial charge in [0.1, 0.15) is 6.54 Å². The number of urea groups is 1. The van der Waals surface area contributed by atoms with Crippen LogP contribution in [-0.4, -0.2) is 59.5 Å². The summed E-state index contributed by atoms with van der Waals surface area (Å²) in [5.74, 6) is -1.31. The number of nitrogens with one attached hydrogen (secondary N) is 1. The van der Waals surface area contributed by atoms with Crippen molar-refractivity contribution in [3.63, 3.8) is 0 Å². The zero-order valence-electron chi connectivity index (χ0n) is 11.7. The number of piperazine rings is 1. The molecule has 1 aromatic rings. The molecule has 1 aromatic carbocycles. The van der Waals surface area contributed by atoms with Gasteiger partial charge < -0.3 is 20.2 Å². The number of aliphatic carboxylic acids is 1. The van der Waals surface area contributed by atoms with Gasteiger partial charge >= 0.3 is 12.0 Å². The second kappa shape index (κ2) is 6.25. The van der Waals surface area contributed by atoms with Crippen molar-refractivity contribution in [1.82, 2.24) is 15.1 Å². The molecule has 1 saturated heterocycles. The summed E-state index contributed by atoms with van der Waals surface area (Å²) in [5.41, 5.74) is 0.485. The number of nitrogens with zero attached hydrogens (tertiary/aromatic N) is 2. The first-order valence-electron chi connectivity index (χ1n) is 6.56. The van der Waals surface area contributed by atoms with Crippen LogP contribution in [0.15, 0.2) is 30.3 Å². The molecule has 0 aliphatic carbocycles. The highest BCUT2D eigenvalue weighted by atomic mass is 16.4. The van der Waals surface area contributed by atoms with Crippen LogP contribution in [0.5, 0.6) is 0 Å². The summed E-state index contributed by atoms with van der Waals surface area (Å²) in [6, 6.07) is 6.76. The van der Waals surface area contributed by atoms with E-state index in [1.165, 1.54) is 9.80 Å². The summed E-state index contributed by atoms with van der Waals surface area (Å²) in [7, 11) is 1.67. The number of carboxylic acids is 1. The summed E-state index contributed by atoms with van der Waals surface area (Å²) < 4.78 is 0. The van der Waals surface area contributed by atoms with Crippen LogP contribution in [0.25, 0.3) is 0 Å². The molecule has 1 fully saturated rings. The normalized spacial score (nSPS) is 16.5. The highest BCUT2D eigenvalue weighted by molar-refractivity contribution is 5.88. The molecule has 3 amide bonds. The SMILES string of the molecule is CN1CCN(C(=O)N[C@@H](C(=O)O)c2ccccc2)CC1=O. The van der Waals surface area contributed by atoms with E-state index in [-0.39, 0.29) is 12.5 Å². The Morgan fingerprint density at radius 3 is 2.48 bits per heavy atom. The Bertz CT molecular complexity index is 546. The second-order valence-corrected chi connectivity index (χ2v) is 4.87. The fourth-order valence-corrected chi connectivity index (χ4v) is 2.08. The molecule has 1 heterocycles. The lowest BCUT2D eigenvalue weighted by Crippen LogP contribution is -2.54. The van der Waals surface area contributed by atoms with Crippen LogP contribution >= 0.6 is 0 Å². The van der Waals surface area contributed by atoms with Gasteiger partial charge in [-0.3, -0.25) is 4.79 Å². The van der Waals surface area contributed by atoms with Gasteiger partial charge in [-0.2, -0.15) is 0 Å². The van der Waals surface area contributed by atoms with E-state index in [1.807, 2.05) is 0 Å². The van der Waals surface area contributed by atoms with Crippen LogP contribution in [0.2, 0.25) is 0 Å². The topological polar surface area (TPSA) is 89.9 Å². The summed E-state index contributed by atoms with van der Waals surface area (Å²) in [4.78, 5) is 37.9. The van der Waals surface area contributed by atoms with Crippen molar-refractivity contribution in [3.05, 3.63) is 35.9 Å². The maximum atomic E-state index is 12.1. The van der Waals surface area contributed by atoms with Crippen molar-refractivity contribution in [2.75, 3.05) is 26.7 Å². The predicted molar refractivity (Wildman–Crippen MR) is 74.6 cm³/mol. The molecule has 0 radical (unpaired) electrons. The van der Waals surface area contributed by atoms with E-state index in [2.05, 4.69) is 5.32 Å². The molecule has 0 spiro atoms. The van der Waals surface area contributed by atoms with Gasteiger partial charge in [-0.15, -0.1) is 0 Å². The van der Waals surface area contributed by atoms with Crippen LogP contribution < -0.4 is 5.32 Å². The van der Waals surface area contributed by atoms with E-state index in [4.69, 9.17) is 0 Å². The molecule has 1 aliphatic heterocycles. The monoisotopic (exact) mass is 291 g/mol. The van der Waals surface area contributed by atoms with Crippen molar-refractivity contribution >= 4 is 17.9 Å². The number of rotatable bonds is 3. The number of amides is 3. The molecule has 21 heavy (non-hydrogen) atoms. The first kappa shape index (κ1) is 14.8. The van der Waals surface area contributed by atoms with Crippen molar-refractivity contribution in [2.24, 2.45) is 0 Å². The van der Waals surface area contributed by atoms with E-state index >= 15 is 0 Å². The third kappa shape index (κ3) is 3.50. The lowest BCUT2D eigenvalue weighted by molar-refractivity contribution is -0.139. The molecule has 1 atom stereocenters. The highest BCUT2D eigenvalue weighted by Gasteiger charge is 2.28. The van der Waals surface area contributed by atoms with E-state index < -0.39 is 18.0 Å². The van der Waals surface area contributed by atoms with Gasteiger partial charge in [0, 0.05) is 20.1 Å². The molecule has 0 aromatic heterocycles. The molecule has 7 heteroatoms. The number of hydrogen-bond acceptors (Lipinski definition) is 3. The van der Waals surface area contributed by atoms with Crippen LogP contribution in [0.3, 0.4) is 0 Å². The maximum Gasteiger partial charge on any atom is 0.330 e. The van der Waals surface area contributed by atoms with E-state index in [9.17, 15) is 19.5 Å². The molecule has 0 bridgehead atoms. The van der Waals surface area contributed by atoms with Crippen LogP contribution in [0, 0.1) is 0 Å². The van der Waals surface area contributed by atoms with Gasteiger partial charge in [0.05, 0.1) is 0 Å². The minimum Gasteiger partial charge on any atom is -0.479 e. The van der Waals surface area contributed by atoms with Gasteiger partial charge in [-0.05, 0) is 5.56 Å². The van der Waals surface area contributed by atoms with Gasteiger partial charge in [-0.1, -0.05) is 30.3 Å². The van der Waals surface area contributed by atoms with Crippen molar-refractivity contribution < 1.29 is 19.5 Å². The molecule has 112 valence electrons. The average molecular weight is 291 g/mol. The summed E-state index contributed by atoms with van der Waals surface area (Å²) in [6.07, 6.45) is 0. The van der Waals surface area contributed by atoms with Gasteiger partial charge in [0.25, 0.3) is 0 Å². The molecule has 7 nitrogen and oxygen atoms in total. The molecule has 2 N–H and O–H groups in total. The lowest BCUT2D eigenvalue weighted by Gasteiger charge is -2.32. The Labute approximate surface area is 122 Å². The fourth-order valence-electron chi connectivity index (χ4n) is 2.08. The number of hydrogen-bond donors (Lipinski definition) is 2. The average Bonchev–Trinajstić information content (AvgIpc) is 2.48. The van der Waals surface area contributed by atoms with Crippen LogP contribution in [0.1, 0.15) is 11.6 Å². The molecular formula is C14H17N3O4. The summed E-state index contributed by atoms with van der Waals surface area (Å²) in [5, 5.41) is 11.7. The lowest BCUT2D eigenvalue weighted by atomic mass is 10.1. The Balaban J connectivity index is 2.06. The van der Waals surface area contributed by atoms with Crippen molar-refractivity contribution in [3.8, 4) is 0 Å². The smallest absolute Gasteiger partial charge is 0.330 e. The largest absolute Gasteiger partial charge is 0.479 e. The minimum atomic E-state index is -1.14. The van der Waals surface area contributed by atoms with Gasteiger partial charge in [0.2, 0.25) is 5.91 Å². The first-order chi connectivity index (χ1) is 9.99. The minimum absolute atomic E-state index is 0.0382. The number of carboxylic acid groups (broad SMARTS) is 1. The fraction of sp³-hybridized carbons (Fsp3) is 0.357. The standard InChI is InChI=1S/C14H17N3O4/c1-16-7-8-17(9-11(16)18)14(21)15-12(13(19)20)10-5-3-2-4-6-10/h2-6,12H,7-9H2,1H3,(H,15,21)(H,19,20)/t12-/m1/s1. The van der Waals surface area contributed by atoms with Gasteiger partial charge in [-0.25, -0.2) is 9.59 Å². The Kier molecular flexibility index (Phi) is 4.42. The van der Waals surface area contributed by atoms with Crippen LogP contribution in [-0.2, 0) is 9.59 Å². The molecular weight excluding hydrogens is 274 g/mol. The van der Waals surface area contributed by atoms with E-state index in [0.29, 0.717) is 18.7 Å². The zero-order chi connectivity index (χ0) is 15.4. The number of likely N-dealkylation sites (N-methyl/N-ethyl adjacent to an activating group) is 1. The molecule has 0 unspecified atom stereocenters. The second-order valence-electron chi connectivity index (χ2n) is 4.87. The summed E-state index contributed by atoms with van der Waals surface area (Å²) >= 11 is 0. The number of benzene rings is 1. The third-order valence-electron chi connectivity index (χ3n) is 3.39. The quantitative estimate of drug-likeness (QED) is 0.838. The van der Waals surface area contributed by atoms with Crippen molar-refractivity contribution in [1.29, 1.82) is 0 Å². The Morgan fingerprint density at radius 1 is 1.24 bits per heavy atom. The Hall–Kier alpha value is -2.57. The van der Waals surface area contributed by atoms with Crippen molar-refractivity contribution in [2.45, 2.75) is 6.04 Å². The first-order valence-corrected chi connectivity index (χ1v) is 6.56. The van der Waals surface area contributed by atoms with Gasteiger partial charge in [0.15, 0.2) is 6.04 Å². The van der Waals surface area contributed by atoms with E-state index in [0.717, 1.165) is 0 Å². The zero-order valence-corrected chi connectivity index (χ0v) is 11.7.